The summed E-state index contributed by atoms with van der Waals surface area (Å²) in [5, 5.41) is 22.0. The van der Waals surface area contributed by atoms with Gasteiger partial charge in [0.05, 0.1) is 11.2 Å². The molecule has 1 N–H and O–H groups in total. The highest BCUT2D eigenvalue weighted by atomic mass is 15.3. The van der Waals surface area contributed by atoms with E-state index in [-0.39, 0.29) is 5.71 Å². The van der Waals surface area contributed by atoms with Crippen LogP contribution in [0.4, 0.5) is 5.69 Å². The lowest BCUT2D eigenvalue weighted by molar-refractivity contribution is 1.29. The van der Waals surface area contributed by atoms with Gasteiger partial charge in [0, 0.05) is 11.6 Å². The quantitative estimate of drug-likeness (QED) is 0.639. The molecule has 0 saturated carbocycles. The largest absolute Gasteiger partial charge is 0.274 e. The first-order chi connectivity index (χ1) is 8.76. The minimum Gasteiger partial charge on any atom is -0.274 e. The molecule has 0 atom stereocenters. The molecule has 0 aliphatic carbocycles. The van der Waals surface area contributed by atoms with Gasteiger partial charge >= 0.3 is 0 Å². The van der Waals surface area contributed by atoms with Crippen LogP contribution in [0.2, 0.25) is 0 Å². The van der Waals surface area contributed by atoms with Gasteiger partial charge in [-0.1, -0.05) is 18.2 Å². The maximum absolute atomic E-state index is 8.63. The van der Waals surface area contributed by atoms with Crippen molar-refractivity contribution < 1.29 is 0 Å². The molecule has 86 valence electrons. The predicted octanol–water partition coefficient (Wildman–Crippen LogP) is 2.36. The number of aryl methyl sites for hydroxylation is 1. The summed E-state index contributed by atoms with van der Waals surface area (Å²) in [6.45, 7) is 1.91. The van der Waals surface area contributed by atoms with Crippen LogP contribution in [0.5, 0.6) is 0 Å². The number of benzene rings is 1. The number of rotatable bonds is 2. The number of aromatic nitrogens is 1. The number of hydrogen-bond acceptors (Lipinski definition) is 5. The molecule has 2 rings (SSSR count). The van der Waals surface area contributed by atoms with Crippen LogP contribution in [0, 0.1) is 29.6 Å². The number of nitrogens with one attached hydrogen (secondary N) is 1. The fourth-order valence-electron chi connectivity index (χ4n) is 1.57. The Hall–Kier alpha value is -2.92. The zero-order valence-electron chi connectivity index (χ0n) is 9.68. The normalized spacial score (nSPS) is 9.28. The van der Waals surface area contributed by atoms with Crippen molar-refractivity contribution in [1.82, 2.24) is 4.98 Å². The first-order valence-electron chi connectivity index (χ1n) is 5.24. The first kappa shape index (κ1) is 11.6. The fourth-order valence-corrected chi connectivity index (χ4v) is 1.57. The van der Waals surface area contributed by atoms with Gasteiger partial charge in [0.15, 0.2) is 0 Å². The van der Waals surface area contributed by atoms with Gasteiger partial charge in [0.25, 0.3) is 0 Å². The molecule has 0 bridgehead atoms. The van der Waals surface area contributed by atoms with E-state index in [4.69, 9.17) is 10.5 Å². The van der Waals surface area contributed by atoms with Crippen LogP contribution in [0.1, 0.15) is 5.56 Å². The lowest BCUT2D eigenvalue weighted by Crippen LogP contribution is -1.99. The van der Waals surface area contributed by atoms with Crippen LogP contribution in [0.25, 0.3) is 10.9 Å². The van der Waals surface area contributed by atoms with E-state index in [1.807, 2.05) is 31.2 Å². The predicted molar refractivity (Wildman–Crippen MR) is 68.8 cm³/mol. The SMILES string of the molecule is Cc1ccc2cccnc2c1NN=C(C#N)C#N. The highest BCUT2D eigenvalue weighted by Gasteiger charge is 2.05. The minimum absolute atomic E-state index is 0.220. The van der Waals surface area contributed by atoms with Crippen LogP contribution >= 0.6 is 0 Å². The van der Waals surface area contributed by atoms with Gasteiger partial charge in [-0.05, 0) is 18.6 Å². The van der Waals surface area contributed by atoms with Crippen LogP contribution in [0.15, 0.2) is 35.6 Å². The Bertz CT molecular complexity index is 687. The molecule has 5 heteroatoms. The highest BCUT2D eigenvalue weighted by molar-refractivity contribution is 6.10. The smallest absolute Gasteiger partial charge is 0.237 e. The second-order valence-electron chi connectivity index (χ2n) is 3.63. The maximum Gasteiger partial charge on any atom is 0.237 e. The summed E-state index contributed by atoms with van der Waals surface area (Å²) in [6.07, 6.45) is 1.69. The second kappa shape index (κ2) is 4.94. The maximum atomic E-state index is 8.63. The van der Waals surface area contributed by atoms with Crippen molar-refractivity contribution in [3.63, 3.8) is 0 Å². The van der Waals surface area contributed by atoms with Gasteiger partial charge in [0.2, 0.25) is 5.71 Å². The monoisotopic (exact) mass is 235 g/mol. The Kier molecular flexibility index (Phi) is 3.17. The molecule has 5 nitrogen and oxygen atoms in total. The third-order valence-electron chi connectivity index (χ3n) is 2.47. The minimum atomic E-state index is -0.220. The molecular formula is C13H9N5. The summed E-state index contributed by atoms with van der Waals surface area (Å²) in [6, 6.07) is 11.1. The highest BCUT2D eigenvalue weighted by Crippen LogP contribution is 2.24. The zero-order chi connectivity index (χ0) is 13.0. The standard InChI is InChI=1S/C13H9N5/c1-9-4-5-10-3-2-6-16-13(10)12(9)18-17-11(7-14)8-15/h2-6,18H,1H3. The summed E-state index contributed by atoms with van der Waals surface area (Å²) in [5.41, 5.74) is 4.93. The Morgan fingerprint density at radius 2 is 2.06 bits per heavy atom. The molecule has 0 spiro atoms. The van der Waals surface area contributed by atoms with E-state index in [1.165, 1.54) is 0 Å². The molecule has 0 radical (unpaired) electrons. The molecule has 0 amide bonds. The van der Waals surface area contributed by atoms with Gasteiger partial charge in [-0.15, -0.1) is 0 Å². The number of nitriles is 2. The van der Waals surface area contributed by atoms with Crippen molar-refractivity contribution in [3.05, 3.63) is 36.0 Å². The molecule has 0 aliphatic heterocycles. The van der Waals surface area contributed by atoms with Gasteiger partial charge in [-0.2, -0.15) is 15.6 Å². The van der Waals surface area contributed by atoms with Crippen molar-refractivity contribution in [2.45, 2.75) is 6.92 Å². The van der Waals surface area contributed by atoms with Crippen molar-refractivity contribution in [2.75, 3.05) is 5.43 Å². The Morgan fingerprint density at radius 1 is 1.28 bits per heavy atom. The topological polar surface area (TPSA) is 84.9 Å². The molecule has 1 aromatic carbocycles. The Labute approximate surface area is 104 Å². The average Bonchev–Trinajstić information content (AvgIpc) is 2.42. The molecule has 0 aliphatic rings. The number of anilines is 1. The molecule has 1 aromatic heterocycles. The number of hydrogen-bond donors (Lipinski definition) is 1. The van der Waals surface area contributed by atoms with Gasteiger partial charge in [-0.3, -0.25) is 10.4 Å². The van der Waals surface area contributed by atoms with E-state index in [2.05, 4.69) is 15.5 Å². The zero-order valence-corrected chi connectivity index (χ0v) is 9.68. The van der Waals surface area contributed by atoms with Gasteiger partial charge in [0.1, 0.15) is 12.1 Å². The van der Waals surface area contributed by atoms with Crippen molar-refractivity contribution in [2.24, 2.45) is 5.10 Å². The van der Waals surface area contributed by atoms with E-state index in [9.17, 15) is 0 Å². The van der Waals surface area contributed by atoms with Crippen LogP contribution < -0.4 is 5.43 Å². The van der Waals surface area contributed by atoms with E-state index >= 15 is 0 Å². The van der Waals surface area contributed by atoms with Crippen molar-refractivity contribution in [3.8, 4) is 12.1 Å². The van der Waals surface area contributed by atoms with Crippen molar-refractivity contribution >= 4 is 22.3 Å². The van der Waals surface area contributed by atoms with Gasteiger partial charge < -0.3 is 0 Å². The molecule has 1 heterocycles. The summed E-state index contributed by atoms with van der Waals surface area (Å²) < 4.78 is 0. The Balaban J connectivity index is 2.51. The molecular weight excluding hydrogens is 226 g/mol. The fraction of sp³-hybridized carbons (Fsp3) is 0.0769. The molecule has 0 fully saturated rings. The molecule has 0 unspecified atom stereocenters. The van der Waals surface area contributed by atoms with Crippen molar-refractivity contribution in [1.29, 1.82) is 10.5 Å². The average molecular weight is 235 g/mol. The lowest BCUT2D eigenvalue weighted by atomic mass is 10.1. The number of nitrogens with zero attached hydrogens (tertiary/aromatic N) is 4. The van der Waals surface area contributed by atoms with E-state index in [0.717, 1.165) is 16.5 Å². The number of fused-ring (bicyclic) bond motifs is 1. The molecule has 0 saturated heterocycles. The lowest BCUT2D eigenvalue weighted by Gasteiger charge is -2.07. The van der Waals surface area contributed by atoms with E-state index in [0.29, 0.717) is 5.69 Å². The van der Waals surface area contributed by atoms with Crippen LogP contribution in [-0.4, -0.2) is 10.7 Å². The second-order valence-corrected chi connectivity index (χ2v) is 3.63. The molecule has 2 aromatic rings. The van der Waals surface area contributed by atoms with E-state index in [1.54, 1.807) is 18.3 Å². The molecule has 18 heavy (non-hydrogen) atoms. The third-order valence-corrected chi connectivity index (χ3v) is 2.47. The van der Waals surface area contributed by atoms with Gasteiger partial charge in [-0.25, -0.2) is 0 Å². The number of hydrazone groups is 1. The number of pyridine rings is 1. The van der Waals surface area contributed by atoms with Crippen LogP contribution in [0.3, 0.4) is 0 Å². The summed E-state index contributed by atoms with van der Waals surface area (Å²) >= 11 is 0. The summed E-state index contributed by atoms with van der Waals surface area (Å²) in [5.74, 6) is 0. The summed E-state index contributed by atoms with van der Waals surface area (Å²) in [4.78, 5) is 4.27. The third kappa shape index (κ3) is 2.11. The summed E-state index contributed by atoms with van der Waals surface area (Å²) in [7, 11) is 0. The Morgan fingerprint density at radius 3 is 2.78 bits per heavy atom. The van der Waals surface area contributed by atoms with Crippen LogP contribution in [-0.2, 0) is 0 Å². The first-order valence-corrected chi connectivity index (χ1v) is 5.24. The van der Waals surface area contributed by atoms with E-state index < -0.39 is 0 Å².